The molecule has 3 rings (SSSR count). The molecule has 1 aliphatic heterocycles. The fourth-order valence-corrected chi connectivity index (χ4v) is 2.68. The Bertz CT molecular complexity index is 656. The van der Waals surface area contributed by atoms with Gasteiger partial charge < -0.3 is 10.1 Å². The number of carbonyl (C=O) groups is 1. The summed E-state index contributed by atoms with van der Waals surface area (Å²) in [5.41, 5.74) is 0.926. The number of halogens is 1. The van der Waals surface area contributed by atoms with E-state index in [9.17, 15) is 4.79 Å². The summed E-state index contributed by atoms with van der Waals surface area (Å²) in [5.74, 6) is 1.20. The molecule has 116 valence electrons. The molecular formula is C15H17BrN4O2. The van der Waals surface area contributed by atoms with Gasteiger partial charge in [0.1, 0.15) is 5.82 Å². The first-order valence-electron chi connectivity index (χ1n) is 7.18. The summed E-state index contributed by atoms with van der Waals surface area (Å²) in [4.78, 5) is 16.4. The first kappa shape index (κ1) is 15.2. The Balaban J connectivity index is 1.58. The third kappa shape index (κ3) is 3.53. The number of carbonyl (C=O) groups excluding carboxylic acids is 1. The maximum atomic E-state index is 12.0. The molecule has 1 fully saturated rings. The molecule has 22 heavy (non-hydrogen) atoms. The third-order valence-electron chi connectivity index (χ3n) is 3.63. The zero-order chi connectivity index (χ0) is 15.5. The molecule has 2 heterocycles. The Hall–Kier alpha value is -1.73. The van der Waals surface area contributed by atoms with Crippen LogP contribution >= 0.6 is 15.9 Å². The molecule has 2 unspecified atom stereocenters. The van der Waals surface area contributed by atoms with Crippen LogP contribution in [-0.2, 0) is 16.1 Å². The topological polar surface area (TPSA) is 79.9 Å². The van der Waals surface area contributed by atoms with Gasteiger partial charge >= 0.3 is 0 Å². The molecule has 1 amide bonds. The lowest BCUT2D eigenvalue weighted by Crippen LogP contribution is -2.30. The van der Waals surface area contributed by atoms with Crippen molar-refractivity contribution in [3.63, 3.8) is 0 Å². The Kier molecular flexibility index (Phi) is 4.54. The van der Waals surface area contributed by atoms with E-state index < -0.39 is 0 Å². The van der Waals surface area contributed by atoms with E-state index in [1.807, 2.05) is 31.2 Å². The second-order valence-corrected chi connectivity index (χ2v) is 6.32. The van der Waals surface area contributed by atoms with Gasteiger partial charge in [0, 0.05) is 10.0 Å². The molecule has 0 radical (unpaired) electrons. The smallest absolute Gasteiger partial charge is 0.225 e. The van der Waals surface area contributed by atoms with E-state index in [-0.39, 0.29) is 17.9 Å². The Morgan fingerprint density at radius 2 is 2.23 bits per heavy atom. The molecular weight excluding hydrogens is 348 g/mol. The van der Waals surface area contributed by atoms with E-state index >= 15 is 0 Å². The van der Waals surface area contributed by atoms with Crippen LogP contribution in [0, 0.1) is 5.92 Å². The summed E-state index contributed by atoms with van der Waals surface area (Å²) in [6.45, 7) is 2.81. The van der Waals surface area contributed by atoms with Crippen LogP contribution in [0.5, 0.6) is 0 Å². The van der Waals surface area contributed by atoms with Gasteiger partial charge in [-0.2, -0.15) is 5.10 Å². The molecule has 2 aromatic rings. The number of ether oxygens (including phenoxy) is 1. The molecule has 7 heteroatoms. The standard InChI is InChI=1S/C15H17BrN4O2/c1-9-6-11(8-22-9)15(21)17-7-13-18-14(20-19-13)10-2-4-12(16)5-3-10/h2-5,9,11H,6-8H2,1H3,(H,17,21)(H,18,19,20). The van der Waals surface area contributed by atoms with Gasteiger partial charge in [-0.25, -0.2) is 4.98 Å². The largest absolute Gasteiger partial charge is 0.378 e. The normalized spacial score (nSPS) is 21.0. The number of rotatable bonds is 4. The van der Waals surface area contributed by atoms with Gasteiger partial charge in [0.15, 0.2) is 5.82 Å². The SMILES string of the molecule is CC1CC(C(=O)NCc2nc(-c3ccc(Br)cc3)n[nH]2)CO1. The van der Waals surface area contributed by atoms with Crippen molar-refractivity contribution in [3.8, 4) is 11.4 Å². The number of aromatic nitrogens is 3. The van der Waals surface area contributed by atoms with E-state index in [0.29, 0.717) is 24.8 Å². The van der Waals surface area contributed by atoms with Crippen LogP contribution in [0.2, 0.25) is 0 Å². The highest BCUT2D eigenvalue weighted by Crippen LogP contribution is 2.20. The van der Waals surface area contributed by atoms with Gasteiger partial charge in [0.05, 0.1) is 25.2 Å². The molecule has 6 nitrogen and oxygen atoms in total. The number of hydrogen-bond donors (Lipinski definition) is 2. The Morgan fingerprint density at radius 3 is 2.91 bits per heavy atom. The van der Waals surface area contributed by atoms with Crippen molar-refractivity contribution in [1.82, 2.24) is 20.5 Å². The number of H-pyrrole nitrogens is 1. The van der Waals surface area contributed by atoms with Gasteiger partial charge in [-0.1, -0.05) is 28.1 Å². The van der Waals surface area contributed by atoms with Crippen LogP contribution in [0.1, 0.15) is 19.2 Å². The Morgan fingerprint density at radius 1 is 1.45 bits per heavy atom. The molecule has 2 atom stereocenters. The molecule has 0 saturated carbocycles. The summed E-state index contributed by atoms with van der Waals surface area (Å²) in [5, 5.41) is 9.91. The molecule has 0 aliphatic carbocycles. The summed E-state index contributed by atoms with van der Waals surface area (Å²) in [6, 6.07) is 7.75. The molecule has 0 spiro atoms. The lowest BCUT2D eigenvalue weighted by molar-refractivity contribution is -0.125. The maximum Gasteiger partial charge on any atom is 0.225 e. The van der Waals surface area contributed by atoms with Crippen LogP contribution in [-0.4, -0.2) is 33.8 Å². The average molecular weight is 365 g/mol. The minimum atomic E-state index is -0.0659. The van der Waals surface area contributed by atoms with Crippen LogP contribution in [0.25, 0.3) is 11.4 Å². The lowest BCUT2D eigenvalue weighted by Gasteiger charge is -2.07. The summed E-state index contributed by atoms with van der Waals surface area (Å²) in [6.07, 6.45) is 0.928. The number of amides is 1. The average Bonchev–Trinajstić information content (AvgIpc) is 3.15. The van der Waals surface area contributed by atoms with Crippen molar-refractivity contribution < 1.29 is 9.53 Å². The van der Waals surface area contributed by atoms with Gasteiger partial charge in [-0.15, -0.1) is 0 Å². The summed E-state index contributed by atoms with van der Waals surface area (Å²) in [7, 11) is 0. The highest BCUT2D eigenvalue weighted by Gasteiger charge is 2.28. The minimum absolute atomic E-state index is 0.00550. The van der Waals surface area contributed by atoms with Crippen molar-refractivity contribution in [1.29, 1.82) is 0 Å². The van der Waals surface area contributed by atoms with Crippen LogP contribution in [0.15, 0.2) is 28.7 Å². The minimum Gasteiger partial charge on any atom is -0.378 e. The predicted molar refractivity (Wildman–Crippen MR) is 84.9 cm³/mol. The molecule has 1 saturated heterocycles. The fraction of sp³-hybridized carbons (Fsp3) is 0.400. The van der Waals surface area contributed by atoms with E-state index in [1.165, 1.54) is 0 Å². The van der Waals surface area contributed by atoms with Crippen LogP contribution < -0.4 is 5.32 Å². The van der Waals surface area contributed by atoms with Crippen molar-refractivity contribution in [2.45, 2.75) is 26.0 Å². The van der Waals surface area contributed by atoms with Crippen molar-refractivity contribution in [3.05, 3.63) is 34.6 Å². The van der Waals surface area contributed by atoms with E-state index in [4.69, 9.17) is 4.74 Å². The zero-order valence-electron chi connectivity index (χ0n) is 12.2. The quantitative estimate of drug-likeness (QED) is 0.871. The number of benzene rings is 1. The van der Waals surface area contributed by atoms with E-state index in [1.54, 1.807) is 0 Å². The molecule has 1 aromatic carbocycles. The van der Waals surface area contributed by atoms with Gasteiger partial charge in [-0.3, -0.25) is 9.89 Å². The lowest BCUT2D eigenvalue weighted by atomic mass is 10.1. The molecule has 0 bridgehead atoms. The fourth-order valence-electron chi connectivity index (χ4n) is 2.42. The first-order chi connectivity index (χ1) is 10.6. The number of hydrogen-bond acceptors (Lipinski definition) is 4. The monoisotopic (exact) mass is 364 g/mol. The van der Waals surface area contributed by atoms with Crippen LogP contribution in [0.4, 0.5) is 0 Å². The second kappa shape index (κ2) is 6.58. The van der Waals surface area contributed by atoms with Gasteiger partial charge in [0.2, 0.25) is 5.91 Å². The molecule has 1 aromatic heterocycles. The van der Waals surface area contributed by atoms with Gasteiger partial charge in [-0.05, 0) is 25.5 Å². The zero-order valence-corrected chi connectivity index (χ0v) is 13.8. The molecule has 1 aliphatic rings. The first-order valence-corrected chi connectivity index (χ1v) is 7.97. The highest BCUT2D eigenvalue weighted by molar-refractivity contribution is 9.10. The Labute approximate surface area is 136 Å². The van der Waals surface area contributed by atoms with E-state index in [2.05, 4.69) is 36.4 Å². The number of nitrogens with zero attached hydrogens (tertiary/aromatic N) is 2. The van der Waals surface area contributed by atoms with E-state index in [0.717, 1.165) is 16.5 Å². The maximum absolute atomic E-state index is 12.0. The summed E-state index contributed by atoms with van der Waals surface area (Å²) >= 11 is 3.39. The second-order valence-electron chi connectivity index (χ2n) is 5.41. The number of aromatic amines is 1. The molecule has 2 N–H and O–H groups in total. The third-order valence-corrected chi connectivity index (χ3v) is 4.16. The number of nitrogens with one attached hydrogen (secondary N) is 2. The van der Waals surface area contributed by atoms with Crippen molar-refractivity contribution in [2.24, 2.45) is 5.92 Å². The van der Waals surface area contributed by atoms with Gasteiger partial charge in [0.25, 0.3) is 0 Å². The predicted octanol–water partition coefficient (Wildman–Crippen LogP) is 2.28. The van der Waals surface area contributed by atoms with Crippen molar-refractivity contribution in [2.75, 3.05) is 6.61 Å². The van der Waals surface area contributed by atoms with Crippen molar-refractivity contribution >= 4 is 21.8 Å². The summed E-state index contributed by atoms with van der Waals surface area (Å²) < 4.78 is 6.42. The highest BCUT2D eigenvalue weighted by atomic mass is 79.9. The van der Waals surface area contributed by atoms with Crippen LogP contribution in [0.3, 0.4) is 0 Å².